The van der Waals surface area contributed by atoms with E-state index < -0.39 is 6.09 Å². The third-order valence-corrected chi connectivity index (χ3v) is 5.39. The standard InChI is InChI=1S/C27H25NO5/c1-18(26(29)22-10-6-9-21(15-22)23-17-33-27(30)28-23)13-20-11-12-24(31-2)25(14-20)32-16-19-7-4-3-5-8-19/h3-15,23H,16-17H2,1-2H3,(H,28,30)/t23-/m0/s1. The highest BCUT2D eigenvalue weighted by Crippen LogP contribution is 2.30. The molecule has 6 heteroatoms. The minimum absolute atomic E-state index is 0.0929. The first-order chi connectivity index (χ1) is 16.0. The predicted molar refractivity (Wildman–Crippen MR) is 125 cm³/mol. The quantitative estimate of drug-likeness (QED) is 0.376. The van der Waals surface area contributed by atoms with E-state index in [0.717, 1.165) is 16.7 Å². The Bertz CT molecular complexity index is 1190. The van der Waals surface area contributed by atoms with Gasteiger partial charge in [0.15, 0.2) is 17.3 Å². The van der Waals surface area contributed by atoms with Crippen molar-refractivity contribution in [3.8, 4) is 11.5 Å². The van der Waals surface area contributed by atoms with Gasteiger partial charge in [0.05, 0.1) is 13.2 Å². The van der Waals surface area contributed by atoms with E-state index in [-0.39, 0.29) is 18.4 Å². The number of rotatable bonds is 8. The number of amides is 1. The molecule has 0 saturated carbocycles. The molecule has 0 aliphatic carbocycles. The molecule has 1 amide bonds. The third kappa shape index (κ3) is 5.41. The molecule has 1 aliphatic rings. The van der Waals surface area contributed by atoms with Crippen molar-refractivity contribution in [3.05, 3.63) is 101 Å². The van der Waals surface area contributed by atoms with Crippen molar-refractivity contribution >= 4 is 18.0 Å². The van der Waals surface area contributed by atoms with Crippen LogP contribution in [0, 0.1) is 0 Å². The largest absolute Gasteiger partial charge is 0.493 e. The molecular formula is C27H25NO5. The molecule has 0 radical (unpaired) electrons. The summed E-state index contributed by atoms with van der Waals surface area (Å²) in [5.41, 5.74) is 3.85. The van der Waals surface area contributed by atoms with Gasteiger partial charge in [-0.3, -0.25) is 4.79 Å². The lowest BCUT2D eigenvalue weighted by molar-refractivity contribution is 0.103. The summed E-state index contributed by atoms with van der Waals surface area (Å²) >= 11 is 0. The van der Waals surface area contributed by atoms with E-state index in [1.165, 1.54) is 0 Å². The number of ketones is 1. The highest BCUT2D eigenvalue weighted by atomic mass is 16.6. The summed E-state index contributed by atoms with van der Waals surface area (Å²) in [6.07, 6.45) is 1.38. The normalized spacial score (nSPS) is 15.5. The topological polar surface area (TPSA) is 73.9 Å². The number of Topliss-reactive ketones (excluding diaryl/α,β-unsaturated/α-hetero) is 1. The molecule has 1 aliphatic heterocycles. The molecule has 0 bridgehead atoms. The number of carbonyl (C=O) groups excluding carboxylic acids is 2. The van der Waals surface area contributed by atoms with Crippen LogP contribution in [0.2, 0.25) is 0 Å². The average Bonchev–Trinajstić information content (AvgIpc) is 3.29. The number of hydrogen-bond donors (Lipinski definition) is 1. The maximum Gasteiger partial charge on any atom is 0.407 e. The van der Waals surface area contributed by atoms with Crippen molar-refractivity contribution in [2.45, 2.75) is 19.6 Å². The monoisotopic (exact) mass is 443 g/mol. The Morgan fingerprint density at radius 2 is 1.88 bits per heavy atom. The van der Waals surface area contributed by atoms with E-state index in [0.29, 0.717) is 29.2 Å². The molecule has 3 aromatic rings. The van der Waals surface area contributed by atoms with Crippen LogP contribution in [0.15, 0.2) is 78.4 Å². The van der Waals surface area contributed by atoms with Crippen LogP contribution in [0.3, 0.4) is 0 Å². The molecule has 33 heavy (non-hydrogen) atoms. The van der Waals surface area contributed by atoms with Crippen LogP contribution in [0.5, 0.6) is 11.5 Å². The fraction of sp³-hybridized carbons (Fsp3) is 0.185. The molecule has 6 nitrogen and oxygen atoms in total. The summed E-state index contributed by atoms with van der Waals surface area (Å²) in [6, 6.07) is 22.4. The average molecular weight is 443 g/mol. The zero-order valence-electron chi connectivity index (χ0n) is 18.5. The minimum atomic E-state index is -0.447. The molecule has 4 rings (SSSR count). The summed E-state index contributed by atoms with van der Waals surface area (Å²) in [4.78, 5) is 24.4. The highest BCUT2D eigenvalue weighted by molar-refractivity contribution is 6.11. The number of nitrogens with one attached hydrogen (secondary N) is 1. The minimum Gasteiger partial charge on any atom is -0.493 e. The van der Waals surface area contributed by atoms with Crippen molar-refractivity contribution < 1.29 is 23.8 Å². The van der Waals surface area contributed by atoms with E-state index in [4.69, 9.17) is 14.2 Å². The number of methoxy groups -OCH3 is 1. The Morgan fingerprint density at radius 1 is 1.06 bits per heavy atom. The molecule has 1 saturated heterocycles. The van der Waals surface area contributed by atoms with Crippen molar-refractivity contribution in [1.82, 2.24) is 5.32 Å². The van der Waals surface area contributed by atoms with Crippen LogP contribution in [0.1, 0.15) is 40.0 Å². The molecule has 0 unspecified atom stereocenters. The van der Waals surface area contributed by atoms with Crippen LogP contribution in [0.4, 0.5) is 4.79 Å². The number of hydrogen-bond acceptors (Lipinski definition) is 5. The predicted octanol–water partition coefficient (Wildman–Crippen LogP) is 5.34. The second-order valence-corrected chi connectivity index (χ2v) is 7.76. The van der Waals surface area contributed by atoms with E-state index in [9.17, 15) is 9.59 Å². The van der Waals surface area contributed by atoms with Gasteiger partial charge in [0, 0.05) is 5.56 Å². The van der Waals surface area contributed by atoms with Gasteiger partial charge < -0.3 is 19.5 Å². The summed E-state index contributed by atoms with van der Waals surface area (Å²) in [5.74, 6) is 1.14. The molecule has 1 atom stereocenters. The van der Waals surface area contributed by atoms with Crippen LogP contribution < -0.4 is 14.8 Å². The molecule has 1 fully saturated rings. The van der Waals surface area contributed by atoms with Gasteiger partial charge in [0.1, 0.15) is 13.2 Å². The SMILES string of the molecule is COc1ccc(C=C(C)C(=O)c2cccc([C@@H]3COC(=O)N3)c2)cc1OCc1ccccc1. The number of cyclic esters (lactones) is 1. The molecule has 3 aromatic carbocycles. The molecule has 1 N–H and O–H groups in total. The van der Waals surface area contributed by atoms with Gasteiger partial charge >= 0.3 is 6.09 Å². The van der Waals surface area contributed by atoms with Gasteiger partial charge in [-0.15, -0.1) is 0 Å². The fourth-order valence-corrected chi connectivity index (χ4v) is 3.64. The van der Waals surface area contributed by atoms with Crippen LogP contribution in [-0.2, 0) is 11.3 Å². The van der Waals surface area contributed by atoms with Gasteiger partial charge in [-0.05, 0) is 53.5 Å². The molecule has 0 spiro atoms. The highest BCUT2D eigenvalue weighted by Gasteiger charge is 2.24. The van der Waals surface area contributed by atoms with Gasteiger partial charge in [-0.2, -0.15) is 0 Å². The second-order valence-electron chi connectivity index (χ2n) is 7.76. The van der Waals surface area contributed by atoms with E-state index in [2.05, 4.69) is 5.32 Å². The first-order valence-corrected chi connectivity index (χ1v) is 10.6. The summed E-state index contributed by atoms with van der Waals surface area (Å²) in [6.45, 7) is 2.45. The molecule has 0 aromatic heterocycles. The maximum absolute atomic E-state index is 13.1. The summed E-state index contributed by atoms with van der Waals surface area (Å²) < 4.78 is 16.4. The number of benzene rings is 3. The van der Waals surface area contributed by atoms with Gasteiger partial charge in [0.2, 0.25) is 0 Å². The van der Waals surface area contributed by atoms with Crippen LogP contribution in [0.25, 0.3) is 6.08 Å². The van der Waals surface area contributed by atoms with Crippen molar-refractivity contribution in [2.75, 3.05) is 13.7 Å². The Kier molecular flexibility index (Phi) is 6.74. The van der Waals surface area contributed by atoms with Gasteiger partial charge in [-0.25, -0.2) is 4.79 Å². The summed E-state index contributed by atoms with van der Waals surface area (Å²) in [5, 5.41) is 2.73. The van der Waals surface area contributed by atoms with Crippen LogP contribution >= 0.6 is 0 Å². The number of carbonyl (C=O) groups is 2. The molecule has 168 valence electrons. The molecular weight excluding hydrogens is 418 g/mol. The van der Waals surface area contributed by atoms with E-state index in [1.54, 1.807) is 26.2 Å². The number of ether oxygens (including phenoxy) is 3. The number of allylic oxidation sites excluding steroid dienone is 1. The van der Waals surface area contributed by atoms with Gasteiger partial charge in [0.25, 0.3) is 0 Å². The Balaban J connectivity index is 1.52. The lowest BCUT2D eigenvalue weighted by Gasteiger charge is -2.12. The lowest BCUT2D eigenvalue weighted by Crippen LogP contribution is -2.18. The number of alkyl carbamates (subject to hydrolysis) is 1. The molecule has 1 heterocycles. The first kappa shape index (κ1) is 22.1. The maximum atomic E-state index is 13.1. The zero-order valence-corrected chi connectivity index (χ0v) is 18.5. The van der Waals surface area contributed by atoms with Crippen molar-refractivity contribution in [1.29, 1.82) is 0 Å². The Labute approximate surface area is 192 Å². The van der Waals surface area contributed by atoms with E-state index in [1.807, 2.05) is 66.7 Å². The Morgan fingerprint density at radius 3 is 2.61 bits per heavy atom. The Hall–Kier alpha value is -4.06. The summed E-state index contributed by atoms with van der Waals surface area (Å²) in [7, 11) is 1.60. The van der Waals surface area contributed by atoms with Gasteiger partial charge in [-0.1, -0.05) is 54.6 Å². The smallest absolute Gasteiger partial charge is 0.407 e. The first-order valence-electron chi connectivity index (χ1n) is 10.6. The van der Waals surface area contributed by atoms with Crippen LogP contribution in [-0.4, -0.2) is 25.6 Å². The fourth-order valence-electron chi connectivity index (χ4n) is 3.64. The second kappa shape index (κ2) is 10.0. The third-order valence-electron chi connectivity index (χ3n) is 5.39. The van der Waals surface area contributed by atoms with Crippen molar-refractivity contribution in [2.24, 2.45) is 0 Å². The van der Waals surface area contributed by atoms with Crippen molar-refractivity contribution in [3.63, 3.8) is 0 Å². The lowest BCUT2D eigenvalue weighted by atomic mass is 9.98. The zero-order chi connectivity index (χ0) is 23.2. The van der Waals surface area contributed by atoms with E-state index >= 15 is 0 Å².